The molecule has 0 bridgehead atoms. The van der Waals surface area contributed by atoms with E-state index < -0.39 is 0 Å². The van der Waals surface area contributed by atoms with Crippen LogP contribution < -0.4 is 10.5 Å². The predicted molar refractivity (Wildman–Crippen MR) is 56.2 cm³/mol. The number of nitrogens with two attached hydrogens (primary N) is 1. The third-order valence-electron chi connectivity index (χ3n) is 2.26. The molecule has 0 aliphatic rings. The van der Waals surface area contributed by atoms with Crippen molar-refractivity contribution in [2.24, 2.45) is 5.73 Å². The maximum atomic E-state index is 5.64. The Kier molecular flexibility index (Phi) is 2.33. The summed E-state index contributed by atoms with van der Waals surface area (Å²) in [7, 11) is 1.65. The highest BCUT2D eigenvalue weighted by atomic mass is 16.5. The Bertz CT molecular complexity index is 454. The number of nitrogens with zero attached hydrogens (tertiary/aromatic N) is 1. The summed E-state index contributed by atoms with van der Waals surface area (Å²) in [6.07, 6.45) is 1.77. The number of pyridine rings is 1. The van der Waals surface area contributed by atoms with Crippen molar-refractivity contribution in [2.45, 2.75) is 6.54 Å². The first-order valence-corrected chi connectivity index (χ1v) is 4.47. The van der Waals surface area contributed by atoms with E-state index in [1.807, 2.05) is 24.3 Å². The summed E-state index contributed by atoms with van der Waals surface area (Å²) < 4.78 is 5.15. The minimum absolute atomic E-state index is 0.520. The van der Waals surface area contributed by atoms with Gasteiger partial charge in [0.2, 0.25) is 0 Å². The van der Waals surface area contributed by atoms with Crippen LogP contribution in [-0.4, -0.2) is 12.1 Å². The predicted octanol–water partition coefficient (Wildman–Crippen LogP) is 1.70. The number of fused-ring (bicyclic) bond motifs is 1. The highest BCUT2D eigenvalue weighted by Gasteiger charge is 2.01. The fourth-order valence-electron chi connectivity index (χ4n) is 1.49. The second-order valence-corrected chi connectivity index (χ2v) is 3.06. The molecule has 0 spiro atoms. The van der Waals surface area contributed by atoms with Gasteiger partial charge in [0.25, 0.3) is 0 Å². The van der Waals surface area contributed by atoms with E-state index >= 15 is 0 Å². The highest BCUT2D eigenvalue weighted by molar-refractivity contribution is 5.83. The van der Waals surface area contributed by atoms with Gasteiger partial charge in [0.15, 0.2) is 0 Å². The monoisotopic (exact) mass is 188 g/mol. The van der Waals surface area contributed by atoms with Crippen molar-refractivity contribution >= 4 is 10.9 Å². The van der Waals surface area contributed by atoms with E-state index in [1.165, 1.54) is 0 Å². The van der Waals surface area contributed by atoms with Gasteiger partial charge in [-0.25, -0.2) is 0 Å². The maximum Gasteiger partial charge on any atom is 0.119 e. The average Bonchev–Trinajstić information content (AvgIpc) is 2.27. The van der Waals surface area contributed by atoms with Crippen LogP contribution >= 0.6 is 0 Å². The van der Waals surface area contributed by atoms with E-state index in [1.54, 1.807) is 13.3 Å². The second-order valence-electron chi connectivity index (χ2n) is 3.06. The number of aromatic nitrogens is 1. The van der Waals surface area contributed by atoms with Crippen LogP contribution in [0.25, 0.3) is 10.9 Å². The van der Waals surface area contributed by atoms with Gasteiger partial charge in [0.1, 0.15) is 5.75 Å². The van der Waals surface area contributed by atoms with Gasteiger partial charge >= 0.3 is 0 Å². The SMILES string of the molecule is COc1ccc2nccc(CN)c2c1. The Morgan fingerprint density at radius 2 is 2.21 bits per heavy atom. The van der Waals surface area contributed by atoms with Crippen molar-refractivity contribution in [3.63, 3.8) is 0 Å². The van der Waals surface area contributed by atoms with E-state index in [0.29, 0.717) is 6.54 Å². The van der Waals surface area contributed by atoms with Gasteiger partial charge in [-0.1, -0.05) is 0 Å². The molecule has 1 aromatic carbocycles. The molecular formula is C11H12N2O. The molecule has 0 amide bonds. The summed E-state index contributed by atoms with van der Waals surface area (Å²) in [5, 5.41) is 1.06. The quantitative estimate of drug-likeness (QED) is 0.780. The minimum Gasteiger partial charge on any atom is -0.497 e. The van der Waals surface area contributed by atoms with Gasteiger partial charge in [0.05, 0.1) is 12.6 Å². The Morgan fingerprint density at radius 3 is 2.93 bits per heavy atom. The summed E-state index contributed by atoms with van der Waals surface area (Å²) in [4.78, 5) is 4.25. The lowest BCUT2D eigenvalue weighted by molar-refractivity contribution is 0.415. The largest absolute Gasteiger partial charge is 0.497 e. The van der Waals surface area contributed by atoms with Crippen molar-refractivity contribution < 1.29 is 4.74 Å². The molecule has 14 heavy (non-hydrogen) atoms. The lowest BCUT2D eigenvalue weighted by atomic mass is 10.1. The van der Waals surface area contributed by atoms with Crippen LogP contribution in [-0.2, 0) is 6.54 Å². The smallest absolute Gasteiger partial charge is 0.119 e. The third kappa shape index (κ3) is 1.42. The number of methoxy groups -OCH3 is 1. The molecule has 2 rings (SSSR count). The van der Waals surface area contributed by atoms with Crippen LogP contribution in [0.4, 0.5) is 0 Å². The molecule has 2 aromatic rings. The molecule has 0 aliphatic heterocycles. The number of benzene rings is 1. The first-order valence-electron chi connectivity index (χ1n) is 4.47. The molecule has 72 valence electrons. The summed E-state index contributed by atoms with van der Waals surface area (Å²) in [5.41, 5.74) is 7.68. The van der Waals surface area contributed by atoms with Crippen LogP contribution in [0, 0.1) is 0 Å². The Balaban J connectivity index is 2.70. The van der Waals surface area contributed by atoms with Gasteiger partial charge in [-0.2, -0.15) is 0 Å². The molecule has 1 heterocycles. The van der Waals surface area contributed by atoms with Crippen molar-refractivity contribution in [1.29, 1.82) is 0 Å². The van der Waals surface area contributed by atoms with Crippen LogP contribution in [0.15, 0.2) is 30.5 Å². The molecule has 0 unspecified atom stereocenters. The number of hydrogen-bond donors (Lipinski definition) is 1. The van der Waals surface area contributed by atoms with Crippen molar-refractivity contribution in [2.75, 3.05) is 7.11 Å². The zero-order chi connectivity index (χ0) is 9.97. The molecule has 0 saturated heterocycles. The van der Waals surface area contributed by atoms with Crippen molar-refractivity contribution in [3.05, 3.63) is 36.0 Å². The molecule has 3 nitrogen and oxygen atoms in total. The van der Waals surface area contributed by atoms with Gasteiger partial charge in [-0.05, 0) is 29.8 Å². The zero-order valence-electron chi connectivity index (χ0n) is 8.03. The maximum absolute atomic E-state index is 5.64. The van der Waals surface area contributed by atoms with Gasteiger partial charge in [-0.15, -0.1) is 0 Å². The van der Waals surface area contributed by atoms with E-state index in [2.05, 4.69) is 4.98 Å². The lowest BCUT2D eigenvalue weighted by Crippen LogP contribution is -1.98. The van der Waals surface area contributed by atoms with E-state index in [4.69, 9.17) is 10.5 Å². The molecule has 0 radical (unpaired) electrons. The van der Waals surface area contributed by atoms with Crippen molar-refractivity contribution in [3.8, 4) is 5.75 Å². The summed E-state index contributed by atoms with van der Waals surface area (Å²) >= 11 is 0. The molecular weight excluding hydrogens is 176 g/mol. The van der Waals surface area contributed by atoms with Crippen molar-refractivity contribution in [1.82, 2.24) is 4.98 Å². The standard InChI is InChI=1S/C11H12N2O/c1-14-9-2-3-11-10(6-9)8(7-12)4-5-13-11/h2-6H,7,12H2,1H3. The number of hydrogen-bond acceptors (Lipinski definition) is 3. The first kappa shape index (κ1) is 8.97. The van der Waals surface area contributed by atoms with E-state index in [9.17, 15) is 0 Å². The van der Waals surface area contributed by atoms with Crippen LogP contribution in [0.2, 0.25) is 0 Å². The molecule has 0 aliphatic carbocycles. The summed E-state index contributed by atoms with van der Waals surface area (Å²) in [5.74, 6) is 0.834. The lowest BCUT2D eigenvalue weighted by Gasteiger charge is -2.05. The normalized spacial score (nSPS) is 10.4. The molecule has 2 N–H and O–H groups in total. The highest BCUT2D eigenvalue weighted by Crippen LogP contribution is 2.21. The van der Waals surface area contributed by atoms with E-state index in [-0.39, 0.29) is 0 Å². The molecule has 0 saturated carbocycles. The second kappa shape index (κ2) is 3.64. The first-order chi connectivity index (χ1) is 6.85. The Hall–Kier alpha value is -1.61. The van der Waals surface area contributed by atoms with Crippen LogP contribution in [0.5, 0.6) is 5.75 Å². The zero-order valence-corrected chi connectivity index (χ0v) is 8.03. The Labute approximate surface area is 82.5 Å². The van der Waals surface area contributed by atoms with Gasteiger partial charge in [0, 0.05) is 18.1 Å². The molecule has 0 atom stereocenters. The summed E-state index contributed by atoms with van der Waals surface area (Å²) in [6.45, 7) is 0.520. The molecule has 1 aromatic heterocycles. The average molecular weight is 188 g/mol. The molecule has 0 fully saturated rings. The Morgan fingerprint density at radius 1 is 1.36 bits per heavy atom. The minimum atomic E-state index is 0.520. The molecule has 3 heteroatoms. The number of ether oxygens (including phenoxy) is 1. The van der Waals surface area contributed by atoms with Gasteiger partial charge < -0.3 is 10.5 Å². The topological polar surface area (TPSA) is 48.1 Å². The van der Waals surface area contributed by atoms with Crippen LogP contribution in [0.3, 0.4) is 0 Å². The fourth-order valence-corrected chi connectivity index (χ4v) is 1.49. The summed E-state index contributed by atoms with van der Waals surface area (Å²) in [6, 6.07) is 7.73. The number of rotatable bonds is 2. The van der Waals surface area contributed by atoms with E-state index in [0.717, 1.165) is 22.2 Å². The third-order valence-corrected chi connectivity index (χ3v) is 2.26. The fraction of sp³-hybridized carbons (Fsp3) is 0.182. The van der Waals surface area contributed by atoms with Gasteiger partial charge in [-0.3, -0.25) is 4.98 Å². The van der Waals surface area contributed by atoms with Crippen LogP contribution in [0.1, 0.15) is 5.56 Å².